The van der Waals surface area contributed by atoms with Gasteiger partial charge in [-0.3, -0.25) is 4.79 Å². The Hall–Kier alpha value is -3.17. The second-order valence-corrected chi connectivity index (χ2v) is 4.98. The minimum Gasteiger partial charge on any atom is -0.438 e. The first-order valence-corrected chi connectivity index (χ1v) is 7.08. The number of para-hydroxylation sites is 1. The van der Waals surface area contributed by atoms with E-state index in [1.807, 2.05) is 6.07 Å². The Morgan fingerprint density at radius 1 is 1.12 bits per heavy atom. The average molecular weight is 352 g/mol. The summed E-state index contributed by atoms with van der Waals surface area (Å²) in [4.78, 5) is 15.4. The van der Waals surface area contributed by atoms with Gasteiger partial charge in [0.2, 0.25) is 11.8 Å². The molecule has 0 radical (unpaired) electrons. The molecule has 7 nitrogen and oxygen atoms in total. The second kappa shape index (κ2) is 6.75. The van der Waals surface area contributed by atoms with E-state index >= 15 is 0 Å². The molecule has 0 atom stereocenters. The van der Waals surface area contributed by atoms with Crippen LogP contribution in [0.15, 0.2) is 51.8 Å². The van der Waals surface area contributed by atoms with Crippen molar-refractivity contribution in [1.29, 1.82) is 0 Å². The molecule has 0 saturated heterocycles. The van der Waals surface area contributed by atoms with Crippen LogP contribution in [0.2, 0.25) is 0 Å². The van der Waals surface area contributed by atoms with Crippen molar-refractivity contribution in [2.24, 2.45) is 0 Å². The van der Waals surface area contributed by atoms with Crippen LogP contribution in [0.4, 0.5) is 13.2 Å². The number of alkyl halides is 3. The lowest BCUT2D eigenvalue weighted by atomic mass is 10.3. The predicted molar refractivity (Wildman–Crippen MR) is 78.2 cm³/mol. The van der Waals surface area contributed by atoms with Crippen molar-refractivity contribution < 1.29 is 22.4 Å². The summed E-state index contributed by atoms with van der Waals surface area (Å²) in [5.74, 6) is -0.00997. The highest BCUT2D eigenvalue weighted by Gasteiger charge is 2.30. The van der Waals surface area contributed by atoms with Gasteiger partial charge in [-0.1, -0.05) is 23.4 Å². The Morgan fingerprint density at radius 3 is 2.60 bits per heavy atom. The van der Waals surface area contributed by atoms with Crippen LogP contribution >= 0.6 is 0 Å². The molecule has 0 spiro atoms. The van der Waals surface area contributed by atoms with Gasteiger partial charge in [-0.15, -0.1) is 5.10 Å². The Bertz CT molecular complexity index is 906. The maximum absolute atomic E-state index is 12.3. The number of rotatable bonds is 5. The maximum atomic E-state index is 12.3. The van der Waals surface area contributed by atoms with E-state index in [-0.39, 0.29) is 18.3 Å². The average Bonchev–Trinajstić information content (AvgIpc) is 2.96. The van der Waals surface area contributed by atoms with Crippen molar-refractivity contribution in [3.63, 3.8) is 0 Å². The molecule has 0 unspecified atom stereocenters. The zero-order valence-corrected chi connectivity index (χ0v) is 12.6. The number of aromatic nitrogens is 4. The fourth-order valence-corrected chi connectivity index (χ4v) is 1.94. The molecule has 10 heteroatoms. The molecule has 0 aliphatic carbocycles. The molecule has 0 saturated carbocycles. The lowest BCUT2D eigenvalue weighted by Gasteiger charge is -2.06. The number of ether oxygens (including phenoxy) is 1. The van der Waals surface area contributed by atoms with E-state index < -0.39 is 24.0 Å². The highest BCUT2D eigenvalue weighted by Crippen LogP contribution is 2.20. The third kappa shape index (κ3) is 4.66. The van der Waals surface area contributed by atoms with Crippen LogP contribution in [0.1, 0.15) is 11.7 Å². The van der Waals surface area contributed by atoms with Gasteiger partial charge in [0.1, 0.15) is 18.7 Å². The summed E-state index contributed by atoms with van der Waals surface area (Å²) in [7, 11) is 0. The number of hydrogen-bond acceptors (Lipinski definition) is 6. The molecule has 0 aliphatic rings. The summed E-state index contributed by atoms with van der Waals surface area (Å²) in [6.07, 6.45) is -5.75. The maximum Gasteiger partial charge on any atom is 0.396 e. The lowest BCUT2D eigenvalue weighted by Crippen LogP contribution is -2.22. The van der Waals surface area contributed by atoms with Gasteiger partial charge in [0.05, 0.1) is 0 Å². The summed E-state index contributed by atoms with van der Waals surface area (Å²) in [5.41, 5.74) is -0.490. The molecule has 3 rings (SSSR count). The highest BCUT2D eigenvalue weighted by molar-refractivity contribution is 5.25. The van der Waals surface area contributed by atoms with E-state index in [4.69, 9.17) is 9.26 Å². The minimum absolute atomic E-state index is 0.140. The second-order valence-electron chi connectivity index (χ2n) is 4.98. The van der Waals surface area contributed by atoms with E-state index in [1.54, 1.807) is 24.3 Å². The van der Waals surface area contributed by atoms with Crippen molar-refractivity contribution in [2.75, 3.05) is 0 Å². The largest absolute Gasteiger partial charge is 0.438 e. The van der Waals surface area contributed by atoms with Gasteiger partial charge in [-0.05, 0) is 12.1 Å². The Labute approximate surface area is 138 Å². The van der Waals surface area contributed by atoms with E-state index in [2.05, 4.69) is 15.2 Å². The van der Waals surface area contributed by atoms with Crippen LogP contribution < -0.4 is 10.3 Å². The van der Waals surface area contributed by atoms with Crippen LogP contribution in [0.5, 0.6) is 11.6 Å². The molecule has 0 aliphatic heterocycles. The molecule has 25 heavy (non-hydrogen) atoms. The van der Waals surface area contributed by atoms with Gasteiger partial charge in [0.25, 0.3) is 5.56 Å². The Kier molecular flexibility index (Phi) is 4.50. The zero-order valence-electron chi connectivity index (χ0n) is 12.6. The molecule has 3 aromatic rings. The van der Waals surface area contributed by atoms with Crippen molar-refractivity contribution in [3.05, 3.63) is 64.5 Å². The van der Waals surface area contributed by atoms with Gasteiger partial charge < -0.3 is 9.26 Å². The smallest absolute Gasteiger partial charge is 0.396 e. The monoisotopic (exact) mass is 352 g/mol. The van der Waals surface area contributed by atoms with Crippen LogP contribution in [0.3, 0.4) is 0 Å². The summed E-state index contributed by atoms with van der Waals surface area (Å²) in [5, 5.41) is 7.22. The fourth-order valence-electron chi connectivity index (χ4n) is 1.94. The molecule has 2 heterocycles. The fraction of sp³-hybridized carbons (Fsp3) is 0.200. The topological polar surface area (TPSA) is 83.0 Å². The van der Waals surface area contributed by atoms with Crippen molar-refractivity contribution in [3.8, 4) is 11.6 Å². The number of halogens is 3. The van der Waals surface area contributed by atoms with Crippen molar-refractivity contribution in [1.82, 2.24) is 19.9 Å². The van der Waals surface area contributed by atoms with Gasteiger partial charge in [-0.2, -0.15) is 18.2 Å². The first kappa shape index (κ1) is 16.7. The molecular formula is C15H11F3N4O3. The summed E-state index contributed by atoms with van der Waals surface area (Å²) in [6, 6.07) is 11.4. The highest BCUT2D eigenvalue weighted by atomic mass is 19.4. The minimum atomic E-state index is -4.44. The molecule has 2 aromatic heterocycles. The van der Waals surface area contributed by atoms with Crippen LogP contribution in [-0.4, -0.2) is 26.1 Å². The Morgan fingerprint density at radius 2 is 1.88 bits per heavy atom. The van der Waals surface area contributed by atoms with Crippen LogP contribution in [0.25, 0.3) is 0 Å². The zero-order chi connectivity index (χ0) is 17.9. The standard InChI is InChI=1S/C15H11F3N4O3/c16-15(17,18)8-11-19-13(25-21-11)9-22-14(23)7-6-12(20-22)24-10-4-2-1-3-5-10/h1-7H,8-9H2. The van der Waals surface area contributed by atoms with E-state index in [0.29, 0.717) is 5.75 Å². The number of hydrogen-bond donors (Lipinski definition) is 0. The molecular weight excluding hydrogens is 341 g/mol. The summed E-state index contributed by atoms with van der Waals surface area (Å²) < 4.78 is 48.1. The third-order valence-electron chi connectivity index (χ3n) is 2.96. The number of benzene rings is 1. The van der Waals surface area contributed by atoms with Crippen LogP contribution in [-0.2, 0) is 13.0 Å². The molecule has 0 amide bonds. The predicted octanol–water partition coefficient (Wildman–Crippen LogP) is 2.57. The third-order valence-corrected chi connectivity index (χ3v) is 2.96. The quantitative estimate of drug-likeness (QED) is 0.702. The normalized spacial score (nSPS) is 11.5. The molecule has 0 fully saturated rings. The van der Waals surface area contributed by atoms with Gasteiger partial charge >= 0.3 is 6.18 Å². The summed E-state index contributed by atoms with van der Waals surface area (Å²) >= 11 is 0. The Balaban J connectivity index is 1.76. The van der Waals surface area contributed by atoms with Crippen molar-refractivity contribution >= 4 is 0 Å². The number of nitrogens with zero attached hydrogens (tertiary/aromatic N) is 4. The van der Waals surface area contributed by atoms with Crippen LogP contribution in [0, 0.1) is 0 Å². The molecule has 0 bridgehead atoms. The van der Waals surface area contributed by atoms with Crippen molar-refractivity contribution in [2.45, 2.75) is 19.1 Å². The first-order chi connectivity index (χ1) is 11.9. The summed E-state index contributed by atoms with van der Waals surface area (Å²) in [6.45, 7) is -0.268. The molecule has 1 aromatic carbocycles. The SMILES string of the molecule is O=c1ccc(Oc2ccccc2)nn1Cc1nc(CC(F)(F)F)no1. The van der Waals surface area contributed by atoms with E-state index in [1.165, 1.54) is 12.1 Å². The molecule has 130 valence electrons. The van der Waals surface area contributed by atoms with E-state index in [0.717, 1.165) is 4.68 Å². The lowest BCUT2D eigenvalue weighted by molar-refractivity contribution is -0.128. The van der Waals surface area contributed by atoms with Gasteiger partial charge in [0.15, 0.2) is 5.82 Å². The van der Waals surface area contributed by atoms with Gasteiger partial charge in [0, 0.05) is 12.1 Å². The molecule has 0 N–H and O–H groups in total. The van der Waals surface area contributed by atoms with E-state index in [9.17, 15) is 18.0 Å². The first-order valence-electron chi connectivity index (χ1n) is 7.08. The van der Waals surface area contributed by atoms with Gasteiger partial charge in [-0.25, -0.2) is 4.68 Å².